The molecule has 3 heterocycles. The maximum Gasteiger partial charge on any atom is 0.264 e. The number of hydrogen-bond donors (Lipinski definition) is 0. The lowest BCUT2D eigenvalue weighted by molar-refractivity contribution is 0.0641. The number of amides is 1. The molecule has 0 aliphatic carbocycles. The molecule has 0 radical (unpaired) electrons. The van der Waals surface area contributed by atoms with Gasteiger partial charge in [-0.2, -0.15) is 0 Å². The molecule has 0 saturated carbocycles. The zero-order chi connectivity index (χ0) is 16.8. The molecule has 1 saturated heterocycles. The molecule has 0 N–H and O–H groups in total. The van der Waals surface area contributed by atoms with Gasteiger partial charge in [0.25, 0.3) is 5.91 Å². The first kappa shape index (κ1) is 15.9. The molecule has 24 heavy (non-hydrogen) atoms. The Morgan fingerprint density at radius 1 is 1.29 bits per heavy atom. The van der Waals surface area contributed by atoms with Crippen LogP contribution in [0.15, 0.2) is 24.3 Å². The third kappa shape index (κ3) is 2.58. The van der Waals surface area contributed by atoms with E-state index in [9.17, 15) is 4.79 Å². The van der Waals surface area contributed by atoms with Crippen molar-refractivity contribution in [3.8, 4) is 0 Å². The number of rotatable bonds is 1. The van der Waals surface area contributed by atoms with Crippen molar-refractivity contribution < 1.29 is 4.79 Å². The molecule has 1 aromatic carbocycles. The smallest absolute Gasteiger partial charge is 0.264 e. The molecule has 124 valence electrons. The minimum atomic E-state index is 0.125. The summed E-state index contributed by atoms with van der Waals surface area (Å²) in [5.41, 5.74) is 2.06. The first-order valence-electron chi connectivity index (χ1n) is 8.35. The number of halogens is 1. The summed E-state index contributed by atoms with van der Waals surface area (Å²) in [7, 11) is 0. The number of benzene rings is 1. The molecular weight excluding hydrogens is 340 g/mol. The summed E-state index contributed by atoms with van der Waals surface area (Å²) in [6, 6.07) is 8.37. The van der Waals surface area contributed by atoms with Gasteiger partial charge in [-0.25, -0.2) is 4.98 Å². The second-order valence-electron chi connectivity index (χ2n) is 6.62. The molecule has 4 rings (SSSR count). The number of likely N-dealkylation sites (tertiary alicyclic amines) is 1. The molecule has 3 aromatic rings. The molecule has 2 aromatic heterocycles. The van der Waals surface area contributed by atoms with Crippen LogP contribution in [0.25, 0.3) is 21.0 Å². The van der Waals surface area contributed by atoms with Crippen molar-refractivity contribution in [2.45, 2.75) is 39.2 Å². The maximum absolute atomic E-state index is 13.0. The summed E-state index contributed by atoms with van der Waals surface area (Å²) >= 11 is 7.92. The Labute approximate surface area is 150 Å². The number of carbonyl (C=O) groups is 1. The van der Waals surface area contributed by atoms with Gasteiger partial charge in [-0.1, -0.05) is 23.2 Å². The van der Waals surface area contributed by atoms with E-state index in [1.54, 1.807) is 0 Å². The van der Waals surface area contributed by atoms with Crippen LogP contribution >= 0.6 is 22.9 Å². The van der Waals surface area contributed by atoms with E-state index in [1.165, 1.54) is 23.3 Å². The number of hydrogen-bond acceptors (Lipinski definition) is 3. The van der Waals surface area contributed by atoms with Gasteiger partial charge < -0.3 is 4.90 Å². The number of aromatic nitrogens is 1. The van der Waals surface area contributed by atoms with Gasteiger partial charge in [0.2, 0.25) is 0 Å². The lowest BCUT2D eigenvalue weighted by atomic mass is 10.0. The Morgan fingerprint density at radius 2 is 2.12 bits per heavy atom. The third-order valence-electron chi connectivity index (χ3n) is 4.84. The Morgan fingerprint density at radius 3 is 2.92 bits per heavy atom. The molecule has 0 spiro atoms. The van der Waals surface area contributed by atoms with Crippen LogP contribution in [0, 0.1) is 6.92 Å². The summed E-state index contributed by atoms with van der Waals surface area (Å²) < 4.78 is 1.06. The average molecular weight is 359 g/mol. The number of aryl methyl sites for hydroxylation is 1. The van der Waals surface area contributed by atoms with Gasteiger partial charge in [0, 0.05) is 28.1 Å². The van der Waals surface area contributed by atoms with E-state index in [2.05, 4.69) is 24.9 Å². The van der Waals surface area contributed by atoms with E-state index in [4.69, 9.17) is 11.6 Å². The topological polar surface area (TPSA) is 33.2 Å². The average Bonchev–Trinajstić information content (AvgIpc) is 3.02. The van der Waals surface area contributed by atoms with Crippen LogP contribution in [-0.4, -0.2) is 28.4 Å². The van der Waals surface area contributed by atoms with Crippen molar-refractivity contribution in [2.75, 3.05) is 6.54 Å². The Bertz CT molecular complexity index is 949. The molecule has 0 bridgehead atoms. The number of pyridine rings is 1. The zero-order valence-corrected chi connectivity index (χ0v) is 15.4. The normalized spacial score (nSPS) is 18.5. The molecule has 1 fully saturated rings. The molecule has 1 aliphatic heterocycles. The molecule has 0 unspecified atom stereocenters. The van der Waals surface area contributed by atoms with Gasteiger partial charge in [-0.3, -0.25) is 4.79 Å². The van der Waals surface area contributed by atoms with Crippen LogP contribution in [0.4, 0.5) is 0 Å². The highest BCUT2D eigenvalue weighted by atomic mass is 35.5. The Balaban J connectivity index is 1.85. The van der Waals surface area contributed by atoms with E-state index < -0.39 is 0 Å². The Kier molecular flexibility index (Phi) is 3.97. The van der Waals surface area contributed by atoms with Gasteiger partial charge in [-0.15, -0.1) is 11.3 Å². The van der Waals surface area contributed by atoms with E-state index in [0.29, 0.717) is 11.2 Å². The minimum Gasteiger partial charge on any atom is -0.335 e. The van der Waals surface area contributed by atoms with Crippen molar-refractivity contribution in [3.05, 3.63) is 39.9 Å². The highest BCUT2D eigenvalue weighted by Crippen LogP contribution is 2.37. The molecule has 1 amide bonds. The van der Waals surface area contributed by atoms with Crippen LogP contribution in [0.3, 0.4) is 0 Å². The zero-order valence-electron chi connectivity index (χ0n) is 13.8. The minimum absolute atomic E-state index is 0.125. The van der Waals surface area contributed by atoms with Gasteiger partial charge in [-0.05, 0) is 51.3 Å². The summed E-state index contributed by atoms with van der Waals surface area (Å²) in [6.07, 6.45) is 3.38. The van der Waals surface area contributed by atoms with Crippen molar-refractivity contribution in [2.24, 2.45) is 0 Å². The van der Waals surface area contributed by atoms with E-state index in [1.807, 2.05) is 23.1 Å². The fourth-order valence-corrected chi connectivity index (χ4v) is 4.92. The Hall–Kier alpha value is -1.65. The van der Waals surface area contributed by atoms with Gasteiger partial charge in [0.1, 0.15) is 5.15 Å². The SMILES string of the molecule is Cc1ccc2nc(Cl)c3cc(C(=O)N4CCCC[C@H]4C)sc3c2c1. The van der Waals surface area contributed by atoms with E-state index in [0.717, 1.165) is 45.3 Å². The number of thiophene rings is 1. The lowest BCUT2D eigenvalue weighted by Gasteiger charge is -2.33. The van der Waals surface area contributed by atoms with Crippen molar-refractivity contribution >= 4 is 49.8 Å². The van der Waals surface area contributed by atoms with Crippen LogP contribution in [0.5, 0.6) is 0 Å². The summed E-state index contributed by atoms with van der Waals surface area (Å²) in [4.78, 5) is 20.2. The number of carbonyl (C=O) groups excluding carboxylic acids is 1. The molecular formula is C19H19ClN2OS. The second-order valence-corrected chi connectivity index (χ2v) is 8.03. The lowest BCUT2D eigenvalue weighted by Crippen LogP contribution is -2.41. The first-order valence-corrected chi connectivity index (χ1v) is 9.54. The predicted octanol–water partition coefficient (Wildman–Crippen LogP) is 5.43. The monoisotopic (exact) mass is 358 g/mol. The quantitative estimate of drug-likeness (QED) is 0.544. The summed E-state index contributed by atoms with van der Waals surface area (Å²) in [5, 5.41) is 2.43. The van der Waals surface area contributed by atoms with Crippen LogP contribution < -0.4 is 0 Å². The van der Waals surface area contributed by atoms with Crippen molar-refractivity contribution in [1.29, 1.82) is 0 Å². The van der Waals surface area contributed by atoms with Gasteiger partial charge in [0.15, 0.2) is 0 Å². The first-order chi connectivity index (χ1) is 11.5. The molecule has 5 heteroatoms. The molecule has 3 nitrogen and oxygen atoms in total. The van der Waals surface area contributed by atoms with Crippen molar-refractivity contribution in [1.82, 2.24) is 9.88 Å². The second kappa shape index (κ2) is 6.01. The summed E-state index contributed by atoms with van der Waals surface area (Å²) in [5.74, 6) is 0.125. The fraction of sp³-hybridized carbons (Fsp3) is 0.368. The van der Waals surface area contributed by atoms with E-state index in [-0.39, 0.29) is 5.91 Å². The molecule has 1 atom stereocenters. The van der Waals surface area contributed by atoms with Crippen LogP contribution in [0.2, 0.25) is 5.15 Å². The van der Waals surface area contributed by atoms with Crippen LogP contribution in [-0.2, 0) is 0 Å². The van der Waals surface area contributed by atoms with Gasteiger partial charge in [0.05, 0.1) is 10.4 Å². The fourth-order valence-electron chi connectivity index (χ4n) is 3.49. The predicted molar refractivity (Wildman–Crippen MR) is 101 cm³/mol. The maximum atomic E-state index is 13.0. The third-order valence-corrected chi connectivity index (χ3v) is 6.29. The number of piperidine rings is 1. The van der Waals surface area contributed by atoms with Crippen molar-refractivity contribution in [3.63, 3.8) is 0 Å². The number of nitrogens with zero attached hydrogens (tertiary/aromatic N) is 2. The highest BCUT2D eigenvalue weighted by Gasteiger charge is 2.26. The standard InChI is InChI=1S/C19H19ClN2OS/c1-11-6-7-15-13(9-11)17-14(18(20)21-15)10-16(24-17)19(23)22-8-4-3-5-12(22)2/h6-7,9-10,12H,3-5,8H2,1-2H3/t12-/m1/s1. The molecule has 1 aliphatic rings. The largest absolute Gasteiger partial charge is 0.335 e. The number of fused-ring (bicyclic) bond motifs is 3. The van der Waals surface area contributed by atoms with Crippen LogP contribution in [0.1, 0.15) is 41.4 Å². The van der Waals surface area contributed by atoms with Gasteiger partial charge >= 0.3 is 0 Å². The van der Waals surface area contributed by atoms with E-state index >= 15 is 0 Å². The highest BCUT2D eigenvalue weighted by molar-refractivity contribution is 7.21. The summed E-state index contributed by atoms with van der Waals surface area (Å²) in [6.45, 7) is 5.05.